The van der Waals surface area contributed by atoms with Crippen molar-refractivity contribution in [3.63, 3.8) is 0 Å². The fourth-order valence-corrected chi connectivity index (χ4v) is 8.73. The van der Waals surface area contributed by atoms with Gasteiger partial charge in [0, 0.05) is 11.8 Å². The lowest BCUT2D eigenvalue weighted by Gasteiger charge is -2.60. The molecule has 8 atom stereocenters. The van der Waals surface area contributed by atoms with Crippen LogP contribution in [0.3, 0.4) is 0 Å². The molecule has 0 spiro atoms. The van der Waals surface area contributed by atoms with Crippen molar-refractivity contribution in [2.75, 3.05) is 0 Å². The molecule has 4 fully saturated rings. The van der Waals surface area contributed by atoms with Gasteiger partial charge in [0.25, 0.3) is 0 Å². The molecule has 0 N–H and O–H groups in total. The molecule has 5 aliphatic rings. The van der Waals surface area contributed by atoms with Crippen molar-refractivity contribution in [1.29, 1.82) is 0 Å². The van der Waals surface area contributed by atoms with Gasteiger partial charge in [-0.05, 0) is 88.0 Å². The minimum Gasteiger partial charge on any atom is -0.344 e. The predicted octanol–water partition coefficient (Wildman–Crippen LogP) is 4.85. The number of Topliss-reactive ketones (excluding diaryl/α,β-unsaturated/α-hetero) is 1. The van der Waals surface area contributed by atoms with Crippen molar-refractivity contribution in [2.45, 2.75) is 97.6 Å². The highest BCUT2D eigenvalue weighted by atomic mass is 16.8. The highest BCUT2D eigenvalue weighted by Crippen LogP contribution is 2.71. The van der Waals surface area contributed by atoms with Gasteiger partial charge in [-0.25, -0.2) is 0 Å². The van der Waals surface area contributed by atoms with Crippen molar-refractivity contribution < 1.29 is 19.1 Å². The lowest BCUT2D eigenvalue weighted by atomic mass is 9.44. The van der Waals surface area contributed by atoms with Crippen LogP contribution >= 0.6 is 0 Å². The normalized spacial score (nSPS) is 52.8. The SMILES string of the molecule is CC(=O)[C@@]12OC(C)(C)O[C@@H]1CC1C3C[C@H](C)C4=CC(=O)CCC4(C)C3CCC12C. The lowest BCUT2D eigenvalue weighted by Crippen LogP contribution is -2.60. The summed E-state index contributed by atoms with van der Waals surface area (Å²) < 4.78 is 12.9. The number of hydrogen-bond acceptors (Lipinski definition) is 4. The monoisotopic (exact) mass is 400 g/mol. The first-order chi connectivity index (χ1) is 13.4. The second-order valence-corrected chi connectivity index (χ2v) is 11.6. The van der Waals surface area contributed by atoms with E-state index in [2.05, 4.69) is 20.8 Å². The molecule has 0 aromatic rings. The Bertz CT molecular complexity index is 812. The Labute approximate surface area is 174 Å². The third-order valence-electron chi connectivity index (χ3n) is 9.79. The van der Waals surface area contributed by atoms with Crippen LogP contribution in [0.15, 0.2) is 11.6 Å². The molecule has 1 saturated heterocycles. The summed E-state index contributed by atoms with van der Waals surface area (Å²) in [5.41, 5.74) is 0.529. The van der Waals surface area contributed by atoms with E-state index in [9.17, 15) is 9.59 Å². The maximum atomic E-state index is 13.1. The van der Waals surface area contributed by atoms with E-state index < -0.39 is 11.4 Å². The number of fused-ring (bicyclic) bond motifs is 7. The molecule has 4 nitrogen and oxygen atoms in total. The van der Waals surface area contributed by atoms with Crippen LogP contribution in [0.25, 0.3) is 0 Å². The van der Waals surface area contributed by atoms with Crippen LogP contribution in [0.4, 0.5) is 0 Å². The molecule has 1 heterocycles. The van der Waals surface area contributed by atoms with E-state index in [0.29, 0.717) is 35.9 Å². The molecule has 5 rings (SSSR count). The highest BCUT2D eigenvalue weighted by Gasteiger charge is 2.75. The predicted molar refractivity (Wildman–Crippen MR) is 110 cm³/mol. The van der Waals surface area contributed by atoms with Crippen LogP contribution in [0.2, 0.25) is 0 Å². The number of hydrogen-bond donors (Lipinski definition) is 0. The maximum Gasteiger partial charge on any atom is 0.164 e. The standard InChI is InChI=1S/C25H36O4/c1-14-11-17-18(23(5)9-7-16(27)12-19(14)23)8-10-24(6)20(17)13-21-25(24,15(2)26)29-22(3,4)28-21/h12,14,17-18,20-21H,7-11,13H2,1-6H3/t14-,17?,18?,20?,21+,23?,24?,25+/m0/s1. The topological polar surface area (TPSA) is 52.6 Å². The molecule has 4 aliphatic carbocycles. The fraction of sp³-hybridized carbons (Fsp3) is 0.840. The van der Waals surface area contributed by atoms with E-state index >= 15 is 0 Å². The van der Waals surface area contributed by atoms with Crippen LogP contribution in [-0.4, -0.2) is 29.1 Å². The summed E-state index contributed by atoms with van der Waals surface area (Å²) in [4.78, 5) is 25.3. The Kier molecular flexibility index (Phi) is 4.00. The molecule has 1 aliphatic heterocycles. The van der Waals surface area contributed by atoms with Crippen LogP contribution in [0, 0.1) is 34.5 Å². The highest BCUT2D eigenvalue weighted by molar-refractivity contribution is 5.92. The molecule has 0 aromatic heterocycles. The largest absolute Gasteiger partial charge is 0.344 e. The zero-order chi connectivity index (χ0) is 21.0. The Morgan fingerprint density at radius 3 is 2.52 bits per heavy atom. The number of carbonyl (C=O) groups is 2. The van der Waals surface area contributed by atoms with Gasteiger partial charge in [-0.3, -0.25) is 9.59 Å². The molecular formula is C25H36O4. The minimum atomic E-state index is -0.811. The molecule has 0 bridgehead atoms. The molecule has 160 valence electrons. The summed E-state index contributed by atoms with van der Waals surface area (Å²) in [7, 11) is 0. The van der Waals surface area contributed by atoms with Crippen LogP contribution in [-0.2, 0) is 19.1 Å². The van der Waals surface area contributed by atoms with Crippen molar-refractivity contribution in [1.82, 2.24) is 0 Å². The van der Waals surface area contributed by atoms with Crippen LogP contribution < -0.4 is 0 Å². The van der Waals surface area contributed by atoms with E-state index in [1.807, 2.05) is 19.9 Å². The zero-order valence-electron chi connectivity index (χ0n) is 18.8. The summed E-state index contributed by atoms with van der Waals surface area (Å²) in [5.74, 6) is 1.76. The Morgan fingerprint density at radius 2 is 1.83 bits per heavy atom. The average molecular weight is 401 g/mol. The number of allylic oxidation sites excluding steroid dienone is 1. The second-order valence-electron chi connectivity index (χ2n) is 11.6. The Balaban J connectivity index is 1.56. The molecule has 0 radical (unpaired) electrons. The van der Waals surface area contributed by atoms with Gasteiger partial charge in [-0.15, -0.1) is 0 Å². The molecule has 0 amide bonds. The summed E-state index contributed by atoms with van der Waals surface area (Å²) in [6.45, 7) is 12.6. The van der Waals surface area contributed by atoms with Crippen molar-refractivity contribution in [3.8, 4) is 0 Å². The summed E-state index contributed by atoms with van der Waals surface area (Å²) in [5, 5.41) is 0. The minimum absolute atomic E-state index is 0.125. The quantitative estimate of drug-likeness (QED) is 0.631. The number of ether oxygens (including phenoxy) is 2. The molecule has 4 heteroatoms. The van der Waals surface area contributed by atoms with Gasteiger partial charge in [0.1, 0.15) is 0 Å². The van der Waals surface area contributed by atoms with Gasteiger partial charge < -0.3 is 9.47 Å². The Morgan fingerprint density at radius 1 is 1.10 bits per heavy atom. The molecule has 5 unspecified atom stereocenters. The summed E-state index contributed by atoms with van der Waals surface area (Å²) >= 11 is 0. The maximum absolute atomic E-state index is 13.1. The van der Waals surface area contributed by atoms with Gasteiger partial charge in [-0.1, -0.05) is 26.3 Å². The lowest BCUT2D eigenvalue weighted by molar-refractivity contribution is -0.214. The van der Waals surface area contributed by atoms with E-state index in [1.54, 1.807) is 6.92 Å². The third kappa shape index (κ3) is 2.34. The smallest absolute Gasteiger partial charge is 0.164 e. The van der Waals surface area contributed by atoms with E-state index in [0.717, 1.165) is 32.1 Å². The van der Waals surface area contributed by atoms with E-state index in [4.69, 9.17) is 9.47 Å². The van der Waals surface area contributed by atoms with Crippen LogP contribution in [0.1, 0.15) is 80.1 Å². The first-order valence-electron chi connectivity index (χ1n) is 11.6. The van der Waals surface area contributed by atoms with Gasteiger partial charge in [0.05, 0.1) is 6.10 Å². The molecule has 3 saturated carbocycles. The first-order valence-corrected chi connectivity index (χ1v) is 11.6. The van der Waals surface area contributed by atoms with Gasteiger partial charge in [0.2, 0.25) is 0 Å². The second kappa shape index (κ2) is 5.82. The fourth-order valence-electron chi connectivity index (χ4n) is 8.73. The molecular weight excluding hydrogens is 364 g/mol. The van der Waals surface area contributed by atoms with Gasteiger partial charge >= 0.3 is 0 Å². The van der Waals surface area contributed by atoms with Crippen molar-refractivity contribution in [3.05, 3.63) is 11.6 Å². The Hall–Kier alpha value is -1.00. The summed E-state index contributed by atoms with van der Waals surface area (Å²) in [6.07, 6.45) is 7.64. The first kappa shape index (κ1) is 19.9. The number of ketones is 2. The number of rotatable bonds is 1. The van der Waals surface area contributed by atoms with Gasteiger partial charge in [-0.2, -0.15) is 0 Å². The van der Waals surface area contributed by atoms with E-state index in [-0.39, 0.29) is 22.7 Å². The molecule has 29 heavy (non-hydrogen) atoms. The van der Waals surface area contributed by atoms with Gasteiger partial charge in [0.15, 0.2) is 23.0 Å². The van der Waals surface area contributed by atoms with Crippen LogP contribution in [0.5, 0.6) is 0 Å². The zero-order valence-corrected chi connectivity index (χ0v) is 18.8. The number of carbonyl (C=O) groups excluding carboxylic acids is 2. The van der Waals surface area contributed by atoms with Crippen molar-refractivity contribution in [2.24, 2.45) is 34.5 Å². The molecule has 0 aromatic carbocycles. The summed E-state index contributed by atoms with van der Waals surface area (Å²) in [6, 6.07) is 0. The average Bonchev–Trinajstić information content (AvgIpc) is 3.03. The van der Waals surface area contributed by atoms with Crippen molar-refractivity contribution >= 4 is 11.6 Å². The third-order valence-corrected chi connectivity index (χ3v) is 9.79. The van der Waals surface area contributed by atoms with E-state index in [1.165, 1.54) is 5.57 Å².